The summed E-state index contributed by atoms with van der Waals surface area (Å²) in [7, 11) is 1.64. The van der Waals surface area contributed by atoms with Crippen LogP contribution in [0.4, 0.5) is 0 Å². The van der Waals surface area contributed by atoms with E-state index in [-0.39, 0.29) is 18.4 Å². The van der Waals surface area contributed by atoms with Crippen LogP contribution < -0.4 is 15.4 Å². The van der Waals surface area contributed by atoms with Crippen LogP contribution in [0, 0.1) is 0 Å². The van der Waals surface area contributed by atoms with E-state index in [2.05, 4.69) is 16.0 Å². The fourth-order valence-electron chi connectivity index (χ4n) is 1.86. The zero-order chi connectivity index (χ0) is 15.9. The first-order chi connectivity index (χ1) is 10.6. The molecule has 0 bridgehead atoms. The fraction of sp³-hybridized carbons (Fsp3) is 0.250. The molecule has 0 aliphatic rings. The summed E-state index contributed by atoms with van der Waals surface area (Å²) in [6.45, 7) is 1.85. The molecule has 0 unspecified atom stereocenters. The molecule has 2 amide bonds. The topological polar surface area (TPSA) is 67.4 Å². The zero-order valence-corrected chi connectivity index (χ0v) is 13.3. The molecule has 0 spiro atoms. The zero-order valence-electron chi connectivity index (χ0n) is 12.5. The molecule has 116 valence electrons. The number of hydrogen-bond acceptors (Lipinski definition) is 4. The highest BCUT2D eigenvalue weighted by atomic mass is 32.1. The number of benzene rings is 1. The van der Waals surface area contributed by atoms with Crippen molar-refractivity contribution in [2.45, 2.75) is 13.5 Å². The fourth-order valence-corrected chi connectivity index (χ4v) is 2.69. The number of hydrogen-bond donors (Lipinski definition) is 2. The minimum Gasteiger partial charge on any atom is -0.497 e. The Bertz CT molecular complexity index is 650. The maximum Gasteiger partial charge on any atom is 0.239 e. The average molecular weight is 318 g/mol. The predicted molar refractivity (Wildman–Crippen MR) is 86.8 cm³/mol. The van der Waals surface area contributed by atoms with Gasteiger partial charge in [0, 0.05) is 11.8 Å². The molecule has 0 saturated carbocycles. The first-order valence-electron chi connectivity index (χ1n) is 6.81. The van der Waals surface area contributed by atoms with Crippen LogP contribution in [-0.2, 0) is 16.1 Å². The summed E-state index contributed by atoms with van der Waals surface area (Å²) in [4.78, 5) is 23.3. The molecule has 0 radical (unpaired) electrons. The summed E-state index contributed by atoms with van der Waals surface area (Å²) in [5.74, 6) is 0.409. The van der Waals surface area contributed by atoms with E-state index in [1.54, 1.807) is 18.4 Å². The molecule has 2 rings (SSSR count). The van der Waals surface area contributed by atoms with Crippen LogP contribution in [0.5, 0.6) is 5.75 Å². The van der Waals surface area contributed by atoms with Crippen LogP contribution in [-0.4, -0.2) is 25.5 Å². The minimum atomic E-state index is -0.215. The largest absolute Gasteiger partial charge is 0.497 e. The van der Waals surface area contributed by atoms with Gasteiger partial charge in [-0.2, -0.15) is 0 Å². The van der Waals surface area contributed by atoms with Crippen molar-refractivity contribution in [1.29, 1.82) is 0 Å². The lowest BCUT2D eigenvalue weighted by Crippen LogP contribution is -2.35. The van der Waals surface area contributed by atoms with Crippen molar-refractivity contribution in [3.63, 3.8) is 0 Å². The monoisotopic (exact) mass is 318 g/mol. The summed E-state index contributed by atoms with van der Waals surface area (Å²) >= 11 is 1.59. The lowest BCUT2D eigenvalue weighted by atomic mass is 10.1. The first kappa shape index (κ1) is 16.0. The number of nitrogens with one attached hydrogen (secondary N) is 2. The molecule has 6 heteroatoms. The van der Waals surface area contributed by atoms with Crippen molar-refractivity contribution in [2.75, 3.05) is 13.7 Å². The number of methoxy groups -OCH3 is 1. The molecule has 0 atom stereocenters. The third-order valence-electron chi connectivity index (χ3n) is 3.03. The van der Waals surface area contributed by atoms with Crippen LogP contribution in [0.2, 0.25) is 0 Å². The second-order valence-corrected chi connectivity index (χ2v) is 5.71. The van der Waals surface area contributed by atoms with E-state index in [1.165, 1.54) is 6.92 Å². The van der Waals surface area contributed by atoms with Crippen molar-refractivity contribution in [3.05, 3.63) is 40.6 Å². The van der Waals surface area contributed by atoms with Crippen molar-refractivity contribution in [1.82, 2.24) is 10.6 Å². The molecule has 1 aromatic heterocycles. The average Bonchev–Trinajstić information content (AvgIpc) is 3.00. The van der Waals surface area contributed by atoms with Gasteiger partial charge in [0.05, 0.1) is 20.2 Å². The van der Waals surface area contributed by atoms with E-state index in [9.17, 15) is 9.59 Å². The summed E-state index contributed by atoms with van der Waals surface area (Å²) in [5.41, 5.74) is 2.21. The maximum absolute atomic E-state index is 11.5. The van der Waals surface area contributed by atoms with Gasteiger partial charge in [-0.05, 0) is 34.7 Å². The van der Waals surface area contributed by atoms with Gasteiger partial charge >= 0.3 is 0 Å². The van der Waals surface area contributed by atoms with E-state index in [4.69, 9.17) is 4.74 Å². The quantitative estimate of drug-likeness (QED) is 0.858. The Morgan fingerprint density at radius 1 is 1.14 bits per heavy atom. The SMILES string of the molecule is COc1ccc(-c2csc(CNC(=O)CNC(C)=O)c2)cc1. The van der Waals surface area contributed by atoms with Gasteiger partial charge in [-0.15, -0.1) is 11.3 Å². The normalized spacial score (nSPS) is 10.1. The van der Waals surface area contributed by atoms with E-state index < -0.39 is 0 Å². The van der Waals surface area contributed by atoms with Crippen molar-refractivity contribution < 1.29 is 14.3 Å². The van der Waals surface area contributed by atoms with Gasteiger partial charge in [0.25, 0.3) is 0 Å². The molecule has 0 aliphatic carbocycles. The van der Waals surface area contributed by atoms with Crippen LogP contribution in [0.15, 0.2) is 35.7 Å². The van der Waals surface area contributed by atoms with Crippen molar-refractivity contribution >= 4 is 23.2 Å². The van der Waals surface area contributed by atoms with Gasteiger partial charge in [-0.3, -0.25) is 9.59 Å². The van der Waals surface area contributed by atoms with Crippen LogP contribution in [0.25, 0.3) is 11.1 Å². The van der Waals surface area contributed by atoms with Crippen LogP contribution >= 0.6 is 11.3 Å². The van der Waals surface area contributed by atoms with Gasteiger partial charge in [0.1, 0.15) is 5.75 Å². The molecule has 2 aromatic rings. The lowest BCUT2D eigenvalue weighted by Gasteiger charge is -2.04. The van der Waals surface area contributed by atoms with E-state index in [0.29, 0.717) is 6.54 Å². The highest BCUT2D eigenvalue weighted by molar-refractivity contribution is 7.10. The molecule has 0 aliphatic heterocycles. The molecule has 1 heterocycles. The molecule has 0 saturated heterocycles. The standard InChI is InChI=1S/C16H18N2O3S/c1-11(19)17-9-16(20)18-8-15-7-13(10-22-15)12-3-5-14(21-2)6-4-12/h3-7,10H,8-9H2,1-2H3,(H,17,19)(H,18,20). The summed E-state index contributed by atoms with van der Waals surface area (Å²) in [6.07, 6.45) is 0. The highest BCUT2D eigenvalue weighted by Crippen LogP contribution is 2.27. The summed E-state index contributed by atoms with van der Waals surface area (Å²) < 4.78 is 5.14. The lowest BCUT2D eigenvalue weighted by molar-refractivity contribution is -0.125. The van der Waals surface area contributed by atoms with E-state index in [0.717, 1.165) is 21.8 Å². The second-order valence-electron chi connectivity index (χ2n) is 4.72. The van der Waals surface area contributed by atoms with Gasteiger partial charge in [0.15, 0.2) is 0 Å². The molecule has 0 fully saturated rings. The number of rotatable bonds is 6. The maximum atomic E-state index is 11.5. The Hall–Kier alpha value is -2.34. The highest BCUT2D eigenvalue weighted by Gasteiger charge is 2.06. The second kappa shape index (κ2) is 7.61. The molecule has 22 heavy (non-hydrogen) atoms. The number of amides is 2. The van der Waals surface area contributed by atoms with Crippen LogP contribution in [0.3, 0.4) is 0 Å². The van der Waals surface area contributed by atoms with Gasteiger partial charge in [-0.1, -0.05) is 12.1 Å². The Morgan fingerprint density at radius 2 is 1.86 bits per heavy atom. The van der Waals surface area contributed by atoms with Crippen molar-refractivity contribution in [3.8, 4) is 16.9 Å². The van der Waals surface area contributed by atoms with E-state index >= 15 is 0 Å². The molecule has 1 aromatic carbocycles. The minimum absolute atomic E-state index is 0.00600. The third-order valence-corrected chi connectivity index (χ3v) is 3.97. The first-order valence-corrected chi connectivity index (χ1v) is 7.69. The Morgan fingerprint density at radius 3 is 2.50 bits per heavy atom. The van der Waals surface area contributed by atoms with Gasteiger partial charge in [0.2, 0.25) is 11.8 Å². The van der Waals surface area contributed by atoms with Gasteiger partial charge in [-0.25, -0.2) is 0 Å². The Balaban J connectivity index is 1.90. The summed E-state index contributed by atoms with van der Waals surface area (Å²) in [5, 5.41) is 7.29. The van der Waals surface area contributed by atoms with Crippen LogP contribution in [0.1, 0.15) is 11.8 Å². The molecular formula is C16H18N2O3S. The molecular weight excluding hydrogens is 300 g/mol. The molecule has 2 N–H and O–H groups in total. The Kier molecular flexibility index (Phi) is 5.55. The predicted octanol–water partition coefficient (Wildman–Crippen LogP) is 2.18. The summed E-state index contributed by atoms with van der Waals surface area (Å²) in [6, 6.07) is 9.88. The smallest absolute Gasteiger partial charge is 0.239 e. The number of thiophene rings is 1. The number of carbonyl (C=O) groups excluding carboxylic acids is 2. The van der Waals surface area contributed by atoms with Gasteiger partial charge < -0.3 is 15.4 Å². The van der Waals surface area contributed by atoms with E-state index in [1.807, 2.05) is 30.3 Å². The molecule has 5 nitrogen and oxygen atoms in total. The number of carbonyl (C=O) groups is 2. The Labute approximate surface area is 133 Å². The number of ether oxygens (including phenoxy) is 1. The third kappa shape index (κ3) is 4.60. The van der Waals surface area contributed by atoms with Crippen molar-refractivity contribution in [2.24, 2.45) is 0 Å².